The summed E-state index contributed by atoms with van der Waals surface area (Å²) in [5, 5.41) is 5.80. The maximum absolute atomic E-state index is 12.4. The highest BCUT2D eigenvalue weighted by Crippen LogP contribution is 2.18. The molecule has 28 heavy (non-hydrogen) atoms. The van der Waals surface area contributed by atoms with E-state index >= 15 is 0 Å². The second kappa shape index (κ2) is 10.5. The molecule has 0 aliphatic carbocycles. The fraction of sp³-hybridized carbons (Fsp3) is 0.391. The smallest absolute Gasteiger partial charge is 0.251 e. The number of rotatable bonds is 9. The molecule has 0 radical (unpaired) electrons. The summed E-state index contributed by atoms with van der Waals surface area (Å²) >= 11 is 0. The molecule has 0 saturated heterocycles. The van der Waals surface area contributed by atoms with Crippen molar-refractivity contribution in [2.45, 2.75) is 53.1 Å². The van der Waals surface area contributed by atoms with E-state index in [0.29, 0.717) is 24.6 Å². The average Bonchev–Trinajstić information content (AvgIpc) is 2.68. The summed E-state index contributed by atoms with van der Waals surface area (Å²) in [6.07, 6.45) is 1.34. The molecule has 0 heterocycles. The summed E-state index contributed by atoms with van der Waals surface area (Å²) in [6.45, 7) is 9.79. The Bertz CT molecular complexity index is 767. The molecule has 0 fully saturated rings. The van der Waals surface area contributed by atoms with Crippen molar-refractivity contribution in [3.8, 4) is 0 Å². The molecule has 2 rings (SSSR count). The lowest BCUT2D eigenvalue weighted by Crippen LogP contribution is -2.30. The minimum Gasteiger partial charge on any atom is -0.369 e. The van der Waals surface area contributed by atoms with Gasteiger partial charge in [0.2, 0.25) is 5.91 Å². The molecule has 2 aromatic rings. The summed E-state index contributed by atoms with van der Waals surface area (Å²) in [5.41, 5.74) is 3.52. The third-order valence-corrected chi connectivity index (χ3v) is 4.59. The zero-order valence-corrected chi connectivity index (χ0v) is 17.3. The molecule has 0 aromatic heterocycles. The van der Waals surface area contributed by atoms with Gasteiger partial charge in [0.05, 0.1) is 0 Å². The van der Waals surface area contributed by atoms with Crippen LogP contribution >= 0.6 is 0 Å². The quantitative estimate of drug-likeness (QED) is 0.668. The topological polar surface area (TPSA) is 61.4 Å². The van der Waals surface area contributed by atoms with Crippen molar-refractivity contribution in [2.24, 2.45) is 0 Å². The summed E-state index contributed by atoms with van der Waals surface area (Å²) in [4.78, 5) is 26.3. The number of carbonyl (C=O) groups is 2. The lowest BCUT2D eigenvalue weighted by molar-refractivity contribution is -0.116. The molecule has 0 bridgehead atoms. The van der Waals surface area contributed by atoms with Crippen molar-refractivity contribution >= 4 is 23.2 Å². The van der Waals surface area contributed by atoms with E-state index in [9.17, 15) is 9.59 Å². The Morgan fingerprint density at radius 1 is 0.964 bits per heavy atom. The Morgan fingerprint density at radius 3 is 2.14 bits per heavy atom. The van der Waals surface area contributed by atoms with Gasteiger partial charge in [0.25, 0.3) is 5.91 Å². The van der Waals surface area contributed by atoms with Gasteiger partial charge in [-0.05, 0) is 69.2 Å². The second-order valence-corrected chi connectivity index (χ2v) is 7.10. The number of hydrogen-bond acceptors (Lipinski definition) is 3. The summed E-state index contributed by atoms with van der Waals surface area (Å²) in [6, 6.07) is 15.7. The Morgan fingerprint density at radius 2 is 1.61 bits per heavy atom. The van der Waals surface area contributed by atoms with Crippen LogP contribution in [-0.2, 0) is 11.3 Å². The molecule has 0 aliphatic heterocycles. The Kier molecular flexibility index (Phi) is 8.05. The number of nitrogens with one attached hydrogen (secondary N) is 2. The largest absolute Gasteiger partial charge is 0.369 e. The third kappa shape index (κ3) is 6.12. The van der Waals surface area contributed by atoms with Crippen LogP contribution in [0.25, 0.3) is 0 Å². The van der Waals surface area contributed by atoms with E-state index in [1.54, 1.807) is 0 Å². The van der Waals surface area contributed by atoms with Crippen molar-refractivity contribution in [3.05, 3.63) is 59.7 Å². The van der Waals surface area contributed by atoms with E-state index in [1.807, 2.05) is 55.5 Å². The minimum absolute atomic E-state index is 0.0195. The first-order valence-electron chi connectivity index (χ1n) is 9.98. The van der Waals surface area contributed by atoms with Crippen LogP contribution in [0.4, 0.5) is 11.4 Å². The van der Waals surface area contributed by atoms with Crippen molar-refractivity contribution in [1.29, 1.82) is 0 Å². The Hall–Kier alpha value is -2.82. The third-order valence-electron chi connectivity index (χ3n) is 4.59. The number of anilines is 2. The highest BCUT2D eigenvalue weighted by molar-refractivity contribution is 5.94. The van der Waals surface area contributed by atoms with Gasteiger partial charge in [-0.3, -0.25) is 9.59 Å². The van der Waals surface area contributed by atoms with Crippen molar-refractivity contribution in [3.63, 3.8) is 0 Å². The van der Waals surface area contributed by atoms with Gasteiger partial charge in [0, 0.05) is 42.5 Å². The predicted octanol–water partition coefficient (Wildman–Crippen LogP) is 4.59. The standard InChI is InChI=1S/C23H31N3O2/c1-5-7-22(27)25-20-12-8-18(9-13-20)16-24-23(28)19-10-14-21(15-11-19)26(6-2)17(3)4/h8-15,17H,5-7,16H2,1-4H3,(H,24,28)(H,25,27). The Balaban J connectivity index is 1.90. The number of hydrogen-bond donors (Lipinski definition) is 2. The monoisotopic (exact) mass is 381 g/mol. The van der Waals surface area contributed by atoms with E-state index in [0.717, 1.165) is 29.9 Å². The van der Waals surface area contributed by atoms with Crippen molar-refractivity contribution in [1.82, 2.24) is 5.32 Å². The molecule has 5 nitrogen and oxygen atoms in total. The lowest BCUT2D eigenvalue weighted by Gasteiger charge is -2.27. The molecule has 0 saturated carbocycles. The second-order valence-electron chi connectivity index (χ2n) is 7.10. The van der Waals surface area contributed by atoms with Gasteiger partial charge in [-0.25, -0.2) is 0 Å². The van der Waals surface area contributed by atoms with Crippen LogP contribution in [0.15, 0.2) is 48.5 Å². The van der Waals surface area contributed by atoms with Gasteiger partial charge < -0.3 is 15.5 Å². The zero-order valence-electron chi connectivity index (χ0n) is 17.3. The highest BCUT2D eigenvalue weighted by atomic mass is 16.2. The van der Waals surface area contributed by atoms with Crippen LogP contribution in [0.2, 0.25) is 0 Å². The molecule has 0 aliphatic rings. The number of amides is 2. The normalized spacial score (nSPS) is 10.6. The van der Waals surface area contributed by atoms with E-state index in [1.165, 1.54) is 0 Å². The highest BCUT2D eigenvalue weighted by Gasteiger charge is 2.10. The van der Waals surface area contributed by atoms with E-state index < -0.39 is 0 Å². The molecule has 2 aromatic carbocycles. The average molecular weight is 382 g/mol. The summed E-state index contributed by atoms with van der Waals surface area (Å²) < 4.78 is 0. The zero-order chi connectivity index (χ0) is 20.5. The summed E-state index contributed by atoms with van der Waals surface area (Å²) in [5.74, 6) is -0.0782. The summed E-state index contributed by atoms with van der Waals surface area (Å²) in [7, 11) is 0. The number of carbonyl (C=O) groups excluding carboxylic acids is 2. The lowest BCUT2D eigenvalue weighted by atomic mass is 10.1. The molecule has 150 valence electrons. The van der Waals surface area contributed by atoms with Gasteiger partial charge in [-0.2, -0.15) is 0 Å². The molecule has 0 spiro atoms. The molecule has 0 unspecified atom stereocenters. The van der Waals surface area contributed by atoms with Crippen LogP contribution in [-0.4, -0.2) is 24.4 Å². The maximum atomic E-state index is 12.4. The van der Waals surface area contributed by atoms with Crippen LogP contribution in [0, 0.1) is 0 Å². The Labute approximate surface area is 168 Å². The molecule has 5 heteroatoms. The molecule has 2 amide bonds. The van der Waals surface area contributed by atoms with Gasteiger partial charge in [0.1, 0.15) is 0 Å². The predicted molar refractivity (Wildman–Crippen MR) is 116 cm³/mol. The first-order valence-corrected chi connectivity index (χ1v) is 9.98. The van der Waals surface area contributed by atoms with Gasteiger partial charge in [-0.15, -0.1) is 0 Å². The van der Waals surface area contributed by atoms with Gasteiger partial charge >= 0.3 is 0 Å². The molecular formula is C23H31N3O2. The minimum atomic E-state index is -0.0977. The molecular weight excluding hydrogens is 350 g/mol. The van der Waals surface area contributed by atoms with Crippen LogP contribution < -0.4 is 15.5 Å². The number of benzene rings is 2. The van der Waals surface area contributed by atoms with Gasteiger partial charge in [-0.1, -0.05) is 19.1 Å². The van der Waals surface area contributed by atoms with Gasteiger partial charge in [0.15, 0.2) is 0 Å². The first kappa shape index (κ1) is 21.5. The van der Waals surface area contributed by atoms with E-state index in [2.05, 4.69) is 36.3 Å². The fourth-order valence-corrected chi connectivity index (χ4v) is 3.09. The maximum Gasteiger partial charge on any atom is 0.251 e. The van der Waals surface area contributed by atoms with E-state index in [4.69, 9.17) is 0 Å². The van der Waals surface area contributed by atoms with Crippen molar-refractivity contribution in [2.75, 3.05) is 16.8 Å². The van der Waals surface area contributed by atoms with Crippen LogP contribution in [0.5, 0.6) is 0 Å². The number of nitrogens with zero attached hydrogens (tertiary/aromatic N) is 1. The fourth-order valence-electron chi connectivity index (χ4n) is 3.09. The molecule has 2 N–H and O–H groups in total. The molecule has 0 atom stereocenters. The van der Waals surface area contributed by atoms with Crippen LogP contribution in [0.3, 0.4) is 0 Å². The van der Waals surface area contributed by atoms with Crippen LogP contribution in [0.1, 0.15) is 56.5 Å². The first-order chi connectivity index (χ1) is 13.4. The van der Waals surface area contributed by atoms with E-state index in [-0.39, 0.29) is 11.8 Å². The van der Waals surface area contributed by atoms with Crippen molar-refractivity contribution < 1.29 is 9.59 Å². The SMILES string of the molecule is CCCC(=O)Nc1ccc(CNC(=O)c2ccc(N(CC)C(C)C)cc2)cc1.